The van der Waals surface area contributed by atoms with Gasteiger partial charge in [0.05, 0.1) is 31.0 Å². The Balaban J connectivity index is 3.26. The number of hydrogen-bond acceptors (Lipinski definition) is 5. The van der Waals surface area contributed by atoms with Gasteiger partial charge in [0.25, 0.3) is 9.70 Å². The standard InChI is InChI=1S/C12H10Cl3NO5/c1-20-9(17)6-3-4-7(10(18)21-2)8(5-6)16-11(19)12(13,14)15/h3-5H,1-2H3,(H,16,19). The van der Waals surface area contributed by atoms with E-state index in [1.165, 1.54) is 25.3 Å². The molecule has 0 atom stereocenters. The lowest BCUT2D eigenvalue weighted by Crippen LogP contribution is -2.28. The van der Waals surface area contributed by atoms with Gasteiger partial charge in [0.2, 0.25) is 0 Å². The van der Waals surface area contributed by atoms with Gasteiger partial charge in [0, 0.05) is 0 Å². The predicted octanol–water partition coefficient (Wildman–Crippen LogP) is 2.57. The van der Waals surface area contributed by atoms with Gasteiger partial charge in [-0.3, -0.25) is 4.79 Å². The summed E-state index contributed by atoms with van der Waals surface area (Å²) in [7, 11) is 2.35. The van der Waals surface area contributed by atoms with Gasteiger partial charge in [-0.25, -0.2) is 9.59 Å². The highest BCUT2D eigenvalue weighted by Gasteiger charge is 2.31. The minimum atomic E-state index is -2.23. The molecule has 1 amide bonds. The van der Waals surface area contributed by atoms with E-state index >= 15 is 0 Å². The molecule has 0 heterocycles. The first-order chi connectivity index (χ1) is 9.70. The second-order valence-corrected chi connectivity index (χ2v) is 5.98. The van der Waals surface area contributed by atoms with Gasteiger partial charge in [0.15, 0.2) is 0 Å². The summed E-state index contributed by atoms with van der Waals surface area (Å²) in [6, 6.07) is 3.83. The molecule has 1 aromatic carbocycles. The number of alkyl halides is 3. The third-order valence-electron chi connectivity index (χ3n) is 2.35. The lowest BCUT2D eigenvalue weighted by Gasteiger charge is -2.14. The summed E-state index contributed by atoms with van der Waals surface area (Å²) in [5.74, 6) is -2.37. The number of halogens is 3. The number of nitrogens with one attached hydrogen (secondary N) is 1. The number of carbonyl (C=O) groups is 3. The quantitative estimate of drug-likeness (QED) is 0.666. The minimum Gasteiger partial charge on any atom is -0.465 e. The highest BCUT2D eigenvalue weighted by molar-refractivity contribution is 6.76. The number of hydrogen-bond donors (Lipinski definition) is 1. The maximum Gasteiger partial charge on any atom is 0.339 e. The molecule has 0 bridgehead atoms. The predicted molar refractivity (Wildman–Crippen MR) is 78.0 cm³/mol. The molecule has 21 heavy (non-hydrogen) atoms. The lowest BCUT2D eigenvalue weighted by molar-refractivity contribution is -0.115. The Hall–Kier alpha value is -1.50. The molecule has 0 saturated heterocycles. The number of rotatable bonds is 3. The topological polar surface area (TPSA) is 81.7 Å². The van der Waals surface area contributed by atoms with Crippen molar-refractivity contribution in [2.24, 2.45) is 0 Å². The van der Waals surface area contributed by atoms with E-state index in [4.69, 9.17) is 34.8 Å². The lowest BCUT2D eigenvalue weighted by atomic mass is 10.1. The normalized spacial score (nSPS) is 10.7. The molecule has 0 aromatic heterocycles. The van der Waals surface area contributed by atoms with Gasteiger partial charge >= 0.3 is 11.9 Å². The summed E-state index contributed by atoms with van der Waals surface area (Å²) in [6.45, 7) is 0. The van der Waals surface area contributed by atoms with Crippen molar-refractivity contribution in [2.75, 3.05) is 19.5 Å². The highest BCUT2D eigenvalue weighted by atomic mass is 35.6. The largest absolute Gasteiger partial charge is 0.465 e. The van der Waals surface area contributed by atoms with Crippen molar-refractivity contribution >= 4 is 58.3 Å². The number of carbonyl (C=O) groups excluding carboxylic acids is 3. The van der Waals surface area contributed by atoms with E-state index in [-0.39, 0.29) is 16.8 Å². The van der Waals surface area contributed by atoms with Crippen molar-refractivity contribution in [1.82, 2.24) is 0 Å². The van der Waals surface area contributed by atoms with Crippen molar-refractivity contribution in [3.8, 4) is 0 Å². The fourth-order valence-electron chi connectivity index (χ4n) is 1.37. The monoisotopic (exact) mass is 353 g/mol. The summed E-state index contributed by atoms with van der Waals surface area (Å²) >= 11 is 16.3. The first-order valence-electron chi connectivity index (χ1n) is 5.39. The van der Waals surface area contributed by atoms with Gasteiger partial charge < -0.3 is 14.8 Å². The molecule has 1 aromatic rings. The number of methoxy groups -OCH3 is 2. The second kappa shape index (κ2) is 6.98. The first-order valence-corrected chi connectivity index (χ1v) is 6.53. The Morgan fingerprint density at radius 3 is 2.10 bits per heavy atom. The molecule has 114 valence electrons. The van der Waals surface area contributed by atoms with Crippen LogP contribution in [0.1, 0.15) is 20.7 Å². The van der Waals surface area contributed by atoms with Gasteiger partial charge in [-0.1, -0.05) is 34.8 Å². The average Bonchev–Trinajstić information content (AvgIpc) is 2.44. The Morgan fingerprint density at radius 2 is 1.62 bits per heavy atom. The zero-order chi connectivity index (χ0) is 16.2. The molecule has 0 saturated carbocycles. The maximum atomic E-state index is 11.7. The SMILES string of the molecule is COC(=O)c1ccc(C(=O)OC)c(NC(=O)C(Cl)(Cl)Cl)c1. The Bertz CT molecular complexity index is 583. The van der Waals surface area contributed by atoms with Gasteiger partial charge in [-0.05, 0) is 18.2 Å². The van der Waals surface area contributed by atoms with Crippen LogP contribution in [0.2, 0.25) is 0 Å². The Kier molecular flexibility index (Phi) is 5.83. The van der Waals surface area contributed by atoms with E-state index < -0.39 is 21.6 Å². The Labute approximate surface area is 135 Å². The molecule has 0 aliphatic rings. The number of esters is 2. The number of ether oxygens (including phenoxy) is 2. The van der Waals surface area contributed by atoms with Crippen molar-refractivity contribution in [1.29, 1.82) is 0 Å². The van der Waals surface area contributed by atoms with E-state index in [1.807, 2.05) is 0 Å². The summed E-state index contributed by atoms with van der Waals surface area (Å²) < 4.78 is 6.88. The fourth-order valence-corrected chi connectivity index (χ4v) is 1.52. The van der Waals surface area contributed by atoms with E-state index in [0.717, 1.165) is 7.11 Å². The maximum absolute atomic E-state index is 11.7. The number of amides is 1. The van der Waals surface area contributed by atoms with Crippen LogP contribution < -0.4 is 5.32 Å². The van der Waals surface area contributed by atoms with Crippen LogP contribution in [-0.4, -0.2) is 35.9 Å². The molecule has 0 unspecified atom stereocenters. The van der Waals surface area contributed by atoms with E-state index in [0.29, 0.717) is 0 Å². The van der Waals surface area contributed by atoms with Crippen LogP contribution in [0.3, 0.4) is 0 Å². The molecule has 0 aliphatic heterocycles. The second-order valence-electron chi connectivity index (χ2n) is 3.70. The van der Waals surface area contributed by atoms with Crippen LogP contribution in [0.4, 0.5) is 5.69 Å². The van der Waals surface area contributed by atoms with Crippen molar-refractivity contribution in [2.45, 2.75) is 3.79 Å². The van der Waals surface area contributed by atoms with Crippen LogP contribution in [0.15, 0.2) is 18.2 Å². The van der Waals surface area contributed by atoms with Crippen LogP contribution in [0.5, 0.6) is 0 Å². The highest BCUT2D eigenvalue weighted by Crippen LogP contribution is 2.29. The molecular formula is C12H10Cl3NO5. The summed E-state index contributed by atoms with van der Waals surface area (Å²) in [5.41, 5.74) is 0.0543. The number of anilines is 1. The minimum absolute atomic E-state index is 0.00671. The van der Waals surface area contributed by atoms with Crippen LogP contribution >= 0.6 is 34.8 Å². The smallest absolute Gasteiger partial charge is 0.339 e. The molecule has 0 fully saturated rings. The van der Waals surface area contributed by atoms with Crippen molar-refractivity contribution in [3.63, 3.8) is 0 Å². The van der Waals surface area contributed by atoms with Crippen LogP contribution in [-0.2, 0) is 14.3 Å². The molecule has 0 radical (unpaired) electrons. The molecule has 0 aliphatic carbocycles. The van der Waals surface area contributed by atoms with Gasteiger partial charge in [-0.15, -0.1) is 0 Å². The van der Waals surface area contributed by atoms with Crippen molar-refractivity contribution < 1.29 is 23.9 Å². The van der Waals surface area contributed by atoms with Gasteiger partial charge in [0.1, 0.15) is 0 Å². The van der Waals surface area contributed by atoms with Crippen LogP contribution in [0.25, 0.3) is 0 Å². The van der Waals surface area contributed by atoms with E-state index in [2.05, 4.69) is 14.8 Å². The zero-order valence-electron chi connectivity index (χ0n) is 10.9. The van der Waals surface area contributed by atoms with E-state index in [9.17, 15) is 14.4 Å². The third kappa shape index (κ3) is 4.49. The number of benzene rings is 1. The molecule has 0 spiro atoms. The summed E-state index contributed by atoms with van der Waals surface area (Å²) in [4.78, 5) is 34.8. The molecular weight excluding hydrogens is 344 g/mol. The fraction of sp³-hybridized carbons (Fsp3) is 0.250. The average molecular weight is 355 g/mol. The van der Waals surface area contributed by atoms with Crippen molar-refractivity contribution in [3.05, 3.63) is 29.3 Å². The van der Waals surface area contributed by atoms with Gasteiger partial charge in [-0.2, -0.15) is 0 Å². The van der Waals surface area contributed by atoms with E-state index in [1.54, 1.807) is 0 Å². The van der Waals surface area contributed by atoms with Crippen LogP contribution in [0, 0.1) is 0 Å². The molecule has 1 N–H and O–H groups in total. The summed E-state index contributed by atoms with van der Waals surface area (Å²) in [6.07, 6.45) is 0. The third-order valence-corrected chi connectivity index (χ3v) is 2.87. The molecule has 9 heteroatoms. The first kappa shape index (κ1) is 17.6. The molecule has 1 rings (SSSR count). The molecule has 6 nitrogen and oxygen atoms in total. The summed E-state index contributed by atoms with van der Waals surface area (Å²) in [5, 5.41) is 2.24. The Morgan fingerprint density at radius 1 is 1.05 bits per heavy atom. The zero-order valence-corrected chi connectivity index (χ0v) is 13.2.